The van der Waals surface area contributed by atoms with Gasteiger partial charge in [-0.25, -0.2) is 4.98 Å². The standard InChI is InChI=1S/C18H16BrClN4OS/c1-24(10-13-4-2-3-5-15(13)19)16(25)11-26-18-21-17(22-23-18)12-6-8-14(20)9-7-12/h2-9H,10-11H2,1H3,(H,21,22,23). The van der Waals surface area contributed by atoms with Gasteiger partial charge >= 0.3 is 0 Å². The molecule has 0 spiro atoms. The number of halogens is 2. The van der Waals surface area contributed by atoms with Crippen molar-refractivity contribution in [2.24, 2.45) is 0 Å². The minimum Gasteiger partial charge on any atom is -0.341 e. The lowest BCUT2D eigenvalue weighted by atomic mass is 10.2. The van der Waals surface area contributed by atoms with Gasteiger partial charge in [0, 0.05) is 28.7 Å². The van der Waals surface area contributed by atoms with Crippen LogP contribution in [-0.2, 0) is 11.3 Å². The van der Waals surface area contributed by atoms with Crippen LogP contribution in [0.5, 0.6) is 0 Å². The highest BCUT2D eigenvalue weighted by atomic mass is 79.9. The van der Waals surface area contributed by atoms with Gasteiger partial charge in [0.05, 0.1) is 5.75 Å². The molecule has 134 valence electrons. The van der Waals surface area contributed by atoms with Crippen molar-refractivity contribution in [2.75, 3.05) is 12.8 Å². The van der Waals surface area contributed by atoms with Gasteiger partial charge < -0.3 is 4.90 Å². The summed E-state index contributed by atoms with van der Waals surface area (Å²) in [5.74, 6) is 0.945. The number of nitrogens with zero attached hydrogens (tertiary/aromatic N) is 3. The number of hydrogen-bond acceptors (Lipinski definition) is 4. The van der Waals surface area contributed by atoms with Crippen molar-refractivity contribution in [2.45, 2.75) is 11.7 Å². The molecule has 0 atom stereocenters. The summed E-state index contributed by atoms with van der Waals surface area (Å²) in [6.45, 7) is 0.546. The van der Waals surface area contributed by atoms with E-state index in [9.17, 15) is 4.79 Å². The fraction of sp³-hybridized carbons (Fsp3) is 0.167. The number of aromatic amines is 1. The molecule has 0 radical (unpaired) electrons. The van der Waals surface area contributed by atoms with Gasteiger partial charge in [-0.05, 0) is 35.9 Å². The number of H-pyrrole nitrogens is 1. The molecule has 1 aromatic heterocycles. The van der Waals surface area contributed by atoms with Gasteiger partial charge in [0.25, 0.3) is 0 Å². The summed E-state index contributed by atoms with van der Waals surface area (Å²) >= 11 is 10.7. The number of carbonyl (C=O) groups is 1. The Balaban J connectivity index is 1.56. The molecule has 1 amide bonds. The zero-order chi connectivity index (χ0) is 18.5. The Morgan fingerprint density at radius 2 is 1.96 bits per heavy atom. The van der Waals surface area contributed by atoms with Crippen molar-refractivity contribution in [3.8, 4) is 11.4 Å². The van der Waals surface area contributed by atoms with Crippen molar-refractivity contribution < 1.29 is 4.79 Å². The Hall–Kier alpha value is -1.83. The van der Waals surface area contributed by atoms with Crippen molar-refractivity contribution in [3.63, 3.8) is 0 Å². The third kappa shape index (κ3) is 4.87. The molecule has 0 unspecified atom stereocenters. The van der Waals surface area contributed by atoms with E-state index in [1.54, 1.807) is 24.1 Å². The largest absolute Gasteiger partial charge is 0.341 e. The van der Waals surface area contributed by atoms with E-state index in [1.165, 1.54) is 11.8 Å². The van der Waals surface area contributed by atoms with Crippen LogP contribution in [0.4, 0.5) is 0 Å². The fourth-order valence-corrected chi connectivity index (χ4v) is 3.53. The van der Waals surface area contributed by atoms with E-state index in [2.05, 4.69) is 31.1 Å². The summed E-state index contributed by atoms with van der Waals surface area (Å²) < 4.78 is 0.994. The van der Waals surface area contributed by atoms with Crippen molar-refractivity contribution in [1.82, 2.24) is 20.1 Å². The van der Waals surface area contributed by atoms with Crippen molar-refractivity contribution >= 4 is 45.2 Å². The second-order valence-corrected chi connectivity index (χ2v) is 7.84. The van der Waals surface area contributed by atoms with Gasteiger partial charge in [0.1, 0.15) is 0 Å². The molecule has 5 nitrogen and oxygen atoms in total. The summed E-state index contributed by atoms with van der Waals surface area (Å²) in [5.41, 5.74) is 1.96. The summed E-state index contributed by atoms with van der Waals surface area (Å²) in [4.78, 5) is 18.5. The molecule has 3 aromatic rings. The topological polar surface area (TPSA) is 61.9 Å². The number of carbonyl (C=O) groups excluding carboxylic acids is 1. The van der Waals surface area contributed by atoms with Gasteiger partial charge in [-0.2, -0.15) is 0 Å². The van der Waals surface area contributed by atoms with Gasteiger partial charge in [-0.3, -0.25) is 9.89 Å². The SMILES string of the molecule is CN(Cc1ccccc1Br)C(=O)CSc1n[nH]c(-c2ccc(Cl)cc2)n1. The minimum atomic E-state index is 0.0172. The molecule has 0 aliphatic heterocycles. The summed E-state index contributed by atoms with van der Waals surface area (Å²) in [7, 11) is 1.79. The van der Waals surface area contributed by atoms with Crippen LogP contribution in [0.1, 0.15) is 5.56 Å². The molecule has 0 saturated carbocycles. The average molecular weight is 452 g/mol. The van der Waals surface area contributed by atoms with E-state index in [0.29, 0.717) is 22.5 Å². The first-order valence-corrected chi connectivity index (χ1v) is 9.97. The van der Waals surface area contributed by atoms with Crippen LogP contribution in [0.2, 0.25) is 5.02 Å². The number of benzene rings is 2. The molecule has 0 bridgehead atoms. The molecular weight excluding hydrogens is 436 g/mol. The first-order valence-electron chi connectivity index (χ1n) is 7.81. The highest BCUT2D eigenvalue weighted by Gasteiger charge is 2.13. The van der Waals surface area contributed by atoms with E-state index >= 15 is 0 Å². The van der Waals surface area contributed by atoms with Crippen molar-refractivity contribution in [1.29, 1.82) is 0 Å². The molecule has 0 aliphatic rings. The van der Waals surface area contributed by atoms with E-state index in [1.807, 2.05) is 36.4 Å². The molecule has 1 heterocycles. The molecule has 1 N–H and O–H groups in total. The van der Waals surface area contributed by atoms with Crippen LogP contribution >= 0.6 is 39.3 Å². The van der Waals surface area contributed by atoms with Crippen molar-refractivity contribution in [3.05, 3.63) is 63.6 Å². The normalized spacial score (nSPS) is 10.7. The molecule has 0 fully saturated rings. The van der Waals surface area contributed by atoms with Gasteiger partial charge in [0.2, 0.25) is 11.1 Å². The Morgan fingerprint density at radius 1 is 1.23 bits per heavy atom. The number of rotatable bonds is 6. The lowest BCUT2D eigenvalue weighted by Gasteiger charge is -2.17. The molecule has 3 rings (SSSR count). The molecular formula is C18H16BrClN4OS. The monoisotopic (exact) mass is 450 g/mol. The number of thioether (sulfide) groups is 1. The molecule has 2 aromatic carbocycles. The second kappa shape index (κ2) is 8.70. The number of nitrogens with one attached hydrogen (secondary N) is 1. The Bertz CT molecular complexity index is 900. The Labute approximate surface area is 169 Å². The zero-order valence-electron chi connectivity index (χ0n) is 13.9. The Morgan fingerprint density at radius 3 is 2.69 bits per heavy atom. The third-order valence-electron chi connectivity index (χ3n) is 3.70. The summed E-state index contributed by atoms with van der Waals surface area (Å²) in [6, 6.07) is 15.2. The predicted octanol–water partition coefficient (Wildman–Crippen LogP) is 4.64. The van der Waals surface area contributed by atoms with Gasteiger partial charge in [0.15, 0.2) is 5.82 Å². The van der Waals surface area contributed by atoms with E-state index in [0.717, 1.165) is 15.6 Å². The van der Waals surface area contributed by atoms with Crippen LogP contribution in [0, 0.1) is 0 Å². The fourth-order valence-electron chi connectivity index (χ4n) is 2.25. The molecule has 0 saturated heterocycles. The quantitative estimate of drug-likeness (QED) is 0.555. The lowest BCUT2D eigenvalue weighted by molar-refractivity contribution is -0.127. The summed E-state index contributed by atoms with van der Waals surface area (Å²) in [5, 5.41) is 8.25. The first kappa shape index (κ1) is 18.9. The number of hydrogen-bond donors (Lipinski definition) is 1. The maximum atomic E-state index is 12.4. The van der Waals surface area contributed by atoms with E-state index < -0.39 is 0 Å². The second-order valence-electron chi connectivity index (χ2n) is 5.60. The van der Waals surface area contributed by atoms with Crippen LogP contribution in [0.3, 0.4) is 0 Å². The molecule has 0 aliphatic carbocycles. The van der Waals surface area contributed by atoms with E-state index in [-0.39, 0.29) is 11.7 Å². The van der Waals surface area contributed by atoms with Gasteiger partial charge in [-0.1, -0.05) is 57.5 Å². The smallest absolute Gasteiger partial charge is 0.233 e. The van der Waals surface area contributed by atoms with Crippen LogP contribution in [0.25, 0.3) is 11.4 Å². The first-order chi connectivity index (χ1) is 12.5. The average Bonchev–Trinajstić information content (AvgIpc) is 3.11. The highest BCUT2D eigenvalue weighted by Crippen LogP contribution is 2.22. The van der Waals surface area contributed by atoms with Crippen LogP contribution in [-0.4, -0.2) is 38.8 Å². The van der Waals surface area contributed by atoms with Crippen LogP contribution < -0.4 is 0 Å². The predicted molar refractivity (Wildman–Crippen MR) is 108 cm³/mol. The third-order valence-corrected chi connectivity index (χ3v) is 5.56. The maximum Gasteiger partial charge on any atom is 0.233 e. The zero-order valence-corrected chi connectivity index (χ0v) is 17.1. The Kier molecular flexibility index (Phi) is 6.34. The maximum absolute atomic E-state index is 12.4. The summed E-state index contributed by atoms with van der Waals surface area (Å²) in [6.07, 6.45) is 0. The van der Waals surface area contributed by atoms with Gasteiger partial charge in [-0.15, -0.1) is 5.10 Å². The van der Waals surface area contributed by atoms with Crippen LogP contribution in [0.15, 0.2) is 58.2 Å². The highest BCUT2D eigenvalue weighted by molar-refractivity contribution is 9.10. The number of amides is 1. The molecule has 26 heavy (non-hydrogen) atoms. The lowest BCUT2D eigenvalue weighted by Crippen LogP contribution is -2.27. The van der Waals surface area contributed by atoms with E-state index in [4.69, 9.17) is 11.6 Å². The molecule has 8 heteroatoms. The number of aromatic nitrogens is 3. The minimum absolute atomic E-state index is 0.0172.